The van der Waals surface area contributed by atoms with Gasteiger partial charge in [0.25, 0.3) is 0 Å². The first kappa shape index (κ1) is 13.8. The van der Waals surface area contributed by atoms with Crippen LogP contribution in [0.2, 0.25) is 0 Å². The van der Waals surface area contributed by atoms with Crippen molar-refractivity contribution in [3.05, 3.63) is 71.9 Å². The number of pyridine rings is 1. The molecule has 1 heterocycles. The topological polar surface area (TPSA) is 62.7 Å². The molecule has 0 radical (unpaired) electrons. The van der Waals surface area contributed by atoms with E-state index in [1.807, 2.05) is 61.5 Å². The summed E-state index contributed by atoms with van der Waals surface area (Å²) in [6, 6.07) is 21.6. The Morgan fingerprint density at radius 1 is 0.955 bits per heavy atom. The zero-order chi connectivity index (χ0) is 15.5. The highest BCUT2D eigenvalue weighted by atomic mass is 14.8. The number of benzene rings is 2. The fourth-order valence-electron chi connectivity index (χ4n) is 2.43. The van der Waals surface area contributed by atoms with Crippen molar-refractivity contribution in [3.8, 4) is 28.5 Å². The van der Waals surface area contributed by atoms with E-state index in [1.165, 1.54) is 0 Å². The summed E-state index contributed by atoms with van der Waals surface area (Å²) in [6.45, 7) is 1.90. The second-order valence-corrected chi connectivity index (χ2v) is 5.11. The van der Waals surface area contributed by atoms with Gasteiger partial charge in [0.15, 0.2) is 0 Å². The minimum absolute atomic E-state index is 0.618. The van der Waals surface area contributed by atoms with Gasteiger partial charge in [-0.25, -0.2) is 0 Å². The van der Waals surface area contributed by atoms with E-state index in [2.05, 4.69) is 11.1 Å². The second-order valence-electron chi connectivity index (χ2n) is 5.11. The van der Waals surface area contributed by atoms with Crippen molar-refractivity contribution in [2.45, 2.75) is 6.92 Å². The Morgan fingerprint density at radius 2 is 1.68 bits per heavy atom. The monoisotopic (exact) mass is 285 g/mol. The lowest BCUT2D eigenvalue weighted by Crippen LogP contribution is -1.99. The van der Waals surface area contributed by atoms with Crippen LogP contribution in [0.15, 0.2) is 60.7 Å². The van der Waals surface area contributed by atoms with Crippen molar-refractivity contribution in [1.82, 2.24) is 4.98 Å². The minimum Gasteiger partial charge on any atom is -0.397 e. The van der Waals surface area contributed by atoms with Gasteiger partial charge in [-0.05, 0) is 30.7 Å². The molecular formula is C19H15N3. The maximum atomic E-state index is 9.07. The van der Waals surface area contributed by atoms with Crippen LogP contribution >= 0.6 is 0 Å². The van der Waals surface area contributed by atoms with Crippen molar-refractivity contribution in [2.24, 2.45) is 0 Å². The molecule has 0 aliphatic heterocycles. The summed E-state index contributed by atoms with van der Waals surface area (Å²) in [6.07, 6.45) is 0. The first-order valence-corrected chi connectivity index (χ1v) is 7.02. The molecular weight excluding hydrogens is 270 g/mol. The Labute approximate surface area is 129 Å². The predicted octanol–water partition coefficient (Wildman–Crippen LogP) is 4.18. The first-order chi connectivity index (χ1) is 10.7. The number of nitrogen functional groups attached to an aromatic ring is 1. The average Bonchev–Trinajstić information content (AvgIpc) is 2.58. The molecule has 0 saturated heterocycles. The summed E-state index contributed by atoms with van der Waals surface area (Å²) in [5.41, 5.74) is 12.0. The van der Waals surface area contributed by atoms with Gasteiger partial charge in [-0.1, -0.05) is 42.5 Å². The molecule has 0 bridgehead atoms. The molecule has 2 N–H and O–H groups in total. The number of nitrogens with two attached hydrogens (primary N) is 1. The lowest BCUT2D eigenvalue weighted by molar-refractivity contribution is 1.21. The number of hydrogen-bond donors (Lipinski definition) is 1. The van der Waals surface area contributed by atoms with E-state index in [4.69, 9.17) is 11.0 Å². The molecule has 0 saturated carbocycles. The van der Waals surface area contributed by atoms with Crippen molar-refractivity contribution < 1.29 is 0 Å². The summed E-state index contributed by atoms with van der Waals surface area (Å²) in [7, 11) is 0. The highest BCUT2D eigenvalue weighted by Crippen LogP contribution is 2.32. The molecule has 3 aromatic rings. The molecule has 3 nitrogen and oxygen atoms in total. The standard InChI is InChI=1S/C19H15N3/c1-13-19(21)17(16-9-5-6-14(10-16)12-20)11-18(22-13)15-7-3-2-4-8-15/h2-11H,21H2,1H3. The van der Waals surface area contributed by atoms with Gasteiger partial charge < -0.3 is 5.73 Å². The predicted molar refractivity (Wildman–Crippen MR) is 89.0 cm³/mol. The van der Waals surface area contributed by atoms with Crippen LogP contribution < -0.4 is 5.73 Å². The van der Waals surface area contributed by atoms with Crippen molar-refractivity contribution >= 4 is 5.69 Å². The third-order valence-electron chi connectivity index (χ3n) is 3.62. The van der Waals surface area contributed by atoms with Gasteiger partial charge >= 0.3 is 0 Å². The maximum absolute atomic E-state index is 9.07. The van der Waals surface area contributed by atoms with Gasteiger partial charge in [-0.2, -0.15) is 5.26 Å². The van der Waals surface area contributed by atoms with E-state index >= 15 is 0 Å². The molecule has 1 aromatic heterocycles. The fourth-order valence-corrected chi connectivity index (χ4v) is 2.43. The van der Waals surface area contributed by atoms with Crippen LogP contribution in [0.1, 0.15) is 11.3 Å². The maximum Gasteiger partial charge on any atom is 0.0991 e. The molecule has 3 rings (SSSR count). The van der Waals surface area contributed by atoms with Gasteiger partial charge in [0.1, 0.15) is 0 Å². The number of hydrogen-bond acceptors (Lipinski definition) is 3. The summed E-state index contributed by atoms with van der Waals surface area (Å²) >= 11 is 0. The summed E-state index contributed by atoms with van der Waals surface area (Å²) < 4.78 is 0. The number of nitrogens with zero attached hydrogens (tertiary/aromatic N) is 2. The molecule has 0 spiro atoms. The molecule has 0 unspecified atom stereocenters. The normalized spacial score (nSPS) is 10.2. The second kappa shape index (κ2) is 5.71. The van der Waals surface area contributed by atoms with Crippen molar-refractivity contribution in [3.63, 3.8) is 0 Å². The lowest BCUT2D eigenvalue weighted by atomic mass is 9.99. The largest absolute Gasteiger partial charge is 0.397 e. The zero-order valence-electron chi connectivity index (χ0n) is 12.2. The van der Waals surface area contributed by atoms with Crippen LogP contribution in [0.3, 0.4) is 0 Å². The first-order valence-electron chi connectivity index (χ1n) is 7.02. The van der Waals surface area contributed by atoms with Gasteiger partial charge in [0.2, 0.25) is 0 Å². The van der Waals surface area contributed by atoms with Gasteiger partial charge in [-0.3, -0.25) is 4.98 Å². The molecule has 0 atom stereocenters. The number of rotatable bonds is 2. The summed E-state index contributed by atoms with van der Waals surface area (Å²) in [5.74, 6) is 0. The highest BCUT2D eigenvalue weighted by molar-refractivity contribution is 5.82. The minimum atomic E-state index is 0.618. The number of nitriles is 1. The van der Waals surface area contributed by atoms with Crippen molar-refractivity contribution in [1.29, 1.82) is 5.26 Å². The Morgan fingerprint density at radius 3 is 2.41 bits per heavy atom. The van der Waals surface area contributed by atoms with Crippen LogP contribution in [0.5, 0.6) is 0 Å². The Kier molecular flexibility index (Phi) is 3.59. The molecule has 0 fully saturated rings. The van der Waals surface area contributed by atoms with Crippen molar-refractivity contribution in [2.75, 3.05) is 5.73 Å². The lowest BCUT2D eigenvalue weighted by Gasteiger charge is -2.12. The van der Waals surface area contributed by atoms with E-state index in [0.717, 1.165) is 28.1 Å². The zero-order valence-corrected chi connectivity index (χ0v) is 12.2. The molecule has 3 heteroatoms. The average molecular weight is 285 g/mol. The Bertz CT molecular complexity index is 862. The van der Waals surface area contributed by atoms with E-state index < -0.39 is 0 Å². The molecule has 22 heavy (non-hydrogen) atoms. The smallest absolute Gasteiger partial charge is 0.0991 e. The van der Waals surface area contributed by atoms with Gasteiger partial charge in [0.05, 0.1) is 28.7 Å². The van der Waals surface area contributed by atoms with Crippen LogP contribution in [0.4, 0.5) is 5.69 Å². The SMILES string of the molecule is Cc1nc(-c2ccccc2)cc(-c2cccc(C#N)c2)c1N. The molecule has 2 aromatic carbocycles. The van der Waals surface area contributed by atoms with E-state index in [-0.39, 0.29) is 0 Å². The van der Waals surface area contributed by atoms with Gasteiger partial charge in [0, 0.05) is 11.1 Å². The summed E-state index contributed by atoms with van der Waals surface area (Å²) in [4.78, 5) is 4.58. The molecule has 0 aliphatic rings. The number of aromatic nitrogens is 1. The molecule has 106 valence electrons. The third-order valence-corrected chi connectivity index (χ3v) is 3.62. The Hall–Kier alpha value is -3.12. The van der Waals surface area contributed by atoms with Crippen LogP contribution in [0, 0.1) is 18.3 Å². The molecule has 0 amide bonds. The highest BCUT2D eigenvalue weighted by Gasteiger charge is 2.10. The third kappa shape index (κ3) is 2.55. The molecule has 0 aliphatic carbocycles. The summed E-state index contributed by atoms with van der Waals surface area (Å²) in [5, 5.41) is 9.07. The fraction of sp³-hybridized carbons (Fsp3) is 0.0526. The van der Waals surface area contributed by atoms with Crippen LogP contribution in [-0.4, -0.2) is 4.98 Å². The van der Waals surface area contributed by atoms with Crippen LogP contribution in [-0.2, 0) is 0 Å². The van der Waals surface area contributed by atoms with Gasteiger partial charge in [-0.15, -0.1) is 0 Å². The van der Waals surface area contributed by atoms with Crippen LogP contribution in [0.25, 0.3) is 22.4 Å². The number of anilines is 1. The quantitative estimate of drug-likeness (QED) is 0.768. The van der Waals surface area contributed by atoms with E-state index in [1.54, 1.807) is 6.07 Å². The van der Waals surface area contributed by atoms with E-state index in [0.29, 0.717) is 11.3 Å². The van der Waals surface area contributed by atoms with E-state index in [9.17, 15) is 0 Å². The number of aryl methyl sites for hydroxylation is 1. The Balaban J connectivity index is 2.19.